The first-order chi connectivity index (χ1) is 21.7. The van der Waals surface area contributed by atoms with Crippen molar-refractivity contribution in [2.24, 2.45) is 11.5 Å². The number of nitrogens with one attached hydrogen (secondary N) is 4. The van der Waals surface area contributed by atoms with Gasteiger partial charge in [0.25, 0.3) is 11.8 Å². The van der Waals surface area contributed by atoms with Crippen LogP contribution < -0.4 is 32.7 Å². The zero-order valence-electron chi connectivity index (χ0n) is 25.8. The van der Waals surface area contributed by atoms with Crippen molar-refractivity contribution in [3.63, 3.8) is 0 Å². The molecule has 8 N–H and O–H groups in total. The average molecular weight is 645 g/mol. The first-order valence-corrected chi connectivity index (χ1v) is 16.1. The summed E-state index contributed by atoms with van der Waals surface area (Å²) < 4.78 is 0. The summed E-state index contributed by atoms with van der Waals surface area (Å²) in [6.45, 7) is 5.79. The lowest BCUT2D eigenvalue weighted by molar-refractivity contribution is 0.0950. The third kappa shape index (κ3) is 12.2. The second-order valence-corrected chi connectivity index (χ2v) is 11.4. The molecule has 0 aromatic heterocycles. The van der Waals surface area contributed by atoms with Gasteiger partial charge in [-0.15, -0.1) is 0 Å². The first kappa shape index (κ1) is 35.5. The van der Waals surface area contributed by atoms with Gasteiger partial charge in [0.15, 0.2) is 0 Å². The van der Waals surface area contributed by atoms with Crippen LogP contribution in [0.2, 0.25) is 0 Å². The normalized spacial score (nSPS) is 11.8. The summed E-state index contributed by atoms with van der Waals surface area (Å²) in [7, 11) is 0. The molecule has 0 radical (unpaired) electrons. The van der Waals surface area contributed by atoms with Gasteiger partial charge in [0.2, 0.25) is 0 Å². The van der Waals surface area contributed by atoms with Crippen molar-refractivity contribution in [3.05, 3.63) is 125 Å². The summed E-state index contributed by atoms with van der Waals surface area (Å²) in [6.07, 6.45) is 0. The molecular formula is C35H44N6O2S2. The van der Waals surface area contributed by atoms with Gasteiger partial charge in [-0.2, -0.15) is 25.3 Å². The minimum absolute atomic E-state index is 0.0149. The molecular weight excluding hydrogens is 601 g/mol. The van der Waals surface area contributed by atoms with E-state index in [1.807, 2.05) is 98.8 Å². The summed E-state index contributed by atoms with van der Waals surface area (Å²) in [5.41, 5.74) is 18.8. The molecule has 0 aliphatic heterocycles. The number of rotatable bonds is 13. The van der Waals surface area contributed by atoms with Gasteiger partial charge < -0.3 is 32.7 Å². The van der Waals surface area contributed by atoms with E-state index in [4.69, 9.17) is 11.5 Å². The number of benzene rings is 4. The molecule has 10 heteroatoms. The van der Waals surface area contributed by atoms with Crippen LogP contribution in [0.25, 0.3) is 0 Å². The van der Waals surface area contributed by atoms with Crippen LogP contribution in [0.15, 0.2) is 97.1 Å². The maximum atomic E-state index is 12.4. The summed E-state index contributed by atoms with van der Waals surface area (Å²) >= 11 is 8.31. The Balaban J connectivity index is 0.000000246. The lowest BCUT2D eigenvalue weighted by atomic mass is 10.1. The topological polar surface area (TPSA) is 134 Å². The Bertz CT molecular complexity index is 1520. The highest BCUT2D eigenvalue weighted by Gasteiger charge is 2.10. The molecule has 4 aromatic rings. The monoisotopic (exact) mass is 644 g/mol. The number of amides is 2. The van der Waals surface area contributed by atoms with Gasteiger partial charge in [0, 0.05) is 71.4 Å². The fourth-order valence-corrected chi connectivity index (χ4v) is 4.39. The quantitative estimate of drug-likeness (QED) is 0.0906. The van der Waals surface area contributed by atoms with Crippen molar-refractivity contribution in [1.29, 1.82) is 0 Å². The minimum atomic E-state index is -0.124. The van der Waals surface area contributed by atoms with Gasteiger partial charge in [0.05, 0.1) is 0 Å². The number of carbonyl (C=O) groups excluding carboxylic acids is 2. The molecule has 0 saturated carbocycles. The number of anilines is 3. The highest BCUT2D eigenvalue weighted by Crippen LogP contribution is 2.20. The molecule has 0 aliphatic carbocycles. The predicted molar refractivity (Wildman–Crippen MR) is 195 cm³/mol. The van der Waals surface area contributed by atoms with Gasteiger partial charge in [-0.05, 0) is 73.0 Å². The zero-order chi connectivity index (χ0) is 32.6. The van der Waals surface area contributed by atoms with E-state index in [9.17, 15) is 9.59 Å². The molecule has 0 bridgehead atoms. The Hall–Kier alpha value is -3.96. The van der Waals surface area contributed by atoms with Gasteiger partial charge in [0.1, 0.15) is 0 Å². The average Bonchev–Trinajstić information content (AvgIpc) is 3.08. The lowest BCUT2D eigenvalue weighted by Crippen LogP contribution is -2.30. The number of hydrogen-bond acceptors (Lipinski definition) is 8. The highest BCUT2D eigenvalue weighted by molar-refractivity contribution is 7.80. The van der Waals surface area contributed by atoms with E-state index in [0.717, 1.165) is 33.8 Å². The van der Waals surface area contributed by atoms with Crippen LogP contribution in [-0.4, -0.2) is 48.5 Å². The Labute approximate surface area is 277 Å². The Morgan fingerprint density at radius 1 is 0.689 bits per heavy atom. The van der Waals surface area contributed by atoms with Crippen LogP contribution in [-0.2, 0) is 6.54 Å². The summed E-state index contributed by atoms with van der Waals surface area (Å²) in [5, 5.41) is 12.3. The fourth-order valence-electron chi connectivity index (χ4n) is 4.13. The Morgan fingerprint density at radius 2 is 1.22 bits per heavy atom. The molecule has 2 amide bonds. The smallest absolute Gasteiger partial charge is 0.255 e. The first-order valence-electron chi connectivity index (χ1n) is 14.8. The summed E-state index contributed by atoms with van der Waals surface area (Å²) in [4.78, 5) is 24.6. The van der Waals surface area contributed by atoms with Crippen molar-refractivity contribution in [2.45, 2.75) is 32.5 Å². The van der Waals surface area contributed by atoms with E-state index in [-0.39, 0.29) is 23.9 Å². The molecule has 0 saturated heterocycles. The maximum absolute atomic E-state index is 12.4. The molecule has 4 rings (SSSR count). The second-order valence-electron chi connectivity index (χ2n) is 10.7. The van der Waals surface area contributed by atoms with Crippen molar-refractivity contribution in [2.75, 3.05) is 40.5 Å². The molecule has 4 aromatic carbocycles. The van der Waals surface area contributed by atoms with Crippen molar-refractivity contribution < 1.29 is 9.59 Å². The SMILES string of the molecule is Cc1cccc(NC(=O)c2cccc(NC[C@H](N)CS)c2)c1C.N[C@@H](CS)CNc1cccc(C(=O)NCc2ccccc2)c1. The summed E-state index contributed by atoms with van der Waals surface area (Å²) in [6, 6.07) is 30.5. The van der Waals surface area contributed by atoms with Crippen molar-refractivity contribution in [1.82, 2.24) is 5.32 Å². The second kappa shape index (κ2) is 18.8. The van der Waals surface area contributed by atoms with Gasteiger partial charge in [-0.1, -0.05) is 54.6 Å². The molecule has 0 heterocycles. The maximum Gasteiger partial charge on any atom is 0.255 e. The number of thiol groups is 2. The molecule has 2 atom stereocenters. The fraction of sp³-hybridized carbons (Fsp3) is 0.257. The van der Waals surface area contributed by atoms with Crippen LogP contribution in [0.1, 0.15) is 37.4 Å². The van der Waals surface area contributed by atoms with E-state index in [0.29, 0.717) is 42.3 Å². The zero-order valence-corrected chi connectivity index (χ0v) is 27.6. The number of carbonyl (C=O) groups is 2. The molecule has 0 spiro atoms. The Morgan fingerprint density at radius 3 is 1.78 bits per heavy atom. The van der Waals surface area contributed by atoms with E-state index >= 15 is 0 Å². The number of aryl methyl sites for hydroxylation is 1. The molecule has 8 nitrogen and oxygen atoms in total. The van der Waals surface area contributed by atoms with Gasteiger partial charge in [-0.3, -0.25) is 9.59 Å². The van der Waals surface area contributed by atoms with Gasteiger partial charge in [-0.25, -0.2) is 0 Å². The van der Waals surface area contributed by atoms with Crippen LogP contribution in [0.3, 0.4) is 0 Å². The highest BCUT2D eigenvalue weighted by atomic mass is 32.1. The number of nitrogens with two attached hydrogens (primary N) is 2. The summed E-state index contributed by atoms with van der Waals surface area (Å²) in [5.74, 6) is 1.01. The van der Waals surface area contributed by atoms with Crippen LogP contribution >= 0.6 is 25.3 Å². The predicted octanol–water partition coefficient (Wildman–Crippen LogP) is 5.51. The largest absolute Gasteiger partial charge is 0.383 e. The van der Waals surface area contributed by atoms with Crippen molar-refractivity contribution in [3.8, 4) is 0 Å². The van der Waals surface area contributed by atoms with E-state index in [2.05, 4.69) is 46.5 Å². The molecule has 45 heavy (non-hydrogen) atoms. The minimum Gasteiger partial charge on any atom is -0.383 e. The molecule has 238 valence electrons. The van der Waals surface area contributed by atoms with Crippen LogP contribution in [0.4, 0.5) is 17.1 Å². The van der Waals surface area contributed by atoms with E-state index in [1.165, 1.54) is 0 Å². The van der Waals surface area contributed by atoms with E-state index in [1.54, 1.807) is 12.1 Å². The Kier molecular flexibility index (Phi) is 14.8. The molecule has 0 aliphatic rings. The van der Waals surface area contributed by atoms with Crippen LogP contribution in [0, 0.1) is 13.8 Å². The third-order valence-electron chi connectivity index (χ3n) is 7.00. The lowest BCUT2D eigenvalue weighted by Gasteiger charge is -2.13. The van der Waals surface area contributed by atoms with Crippen LogP contribution in [0.5, 0.6) is 0 Å². The third-order valence-corrected chi connectivity index (χ3v) is 7.94. The van der Waals surface area contributed by atoms with E-state index < -0.39 is 0 Å². The number of hydrogen-bond donors (Lipinski definition) is 8. The van der Waals surface area contributed by atoms with Gasteiger partial charge >= 0.3 is 0 Å². The molecule has 0 fully saturated rings. The standard InChI is InChI=1S/C18H23N3OS.C17H21N3OS/c1-12-5-3-8-17(13(12)2)21-18(22)14-6-4-7-16(9-14)20-10-15(19)11-23;18-15(12-22)11-19-16-8-4-7-14(9-16)17(21)20-10-13-5-2-1-3-6-13/h3-9,15,20,23H,10-11,19H2,1-2H3,(H,21,22);1-9,15,19,22H,10-12,18H2,(H,20,21)/t2*15-/m01/s1. The molecule has 0 unspecified atom stereocenters. The van der Waals surface area contributed by atoms with Crippen molar-refractivity contribution >= 4 is 54.1 Å².